The zero-order chi connectivity index (χ0) is 17.0. The van der Waals surface area contributed by atoms with E-state index in [1.54, 1.807) is 25.1 Å². The summed E-state index contributed by atoms with van der Waals surface area (Å²) in [5.41, 5.74) is 6.61. The Bertz CT molecular complexity index is 726. The molecule has 2 rings (SSSR count). The third-order valence-electron chi connectivity index (χ3n) is 2.94. The minimum Gasteiger partial charge on any atom is -0.487 e. The number of aromatic nitrogens is 1. The zero-order valence-electron chi connectivity index (χ0n) is 12.1. The van der Waals surface area contributed by atoms with Crippen molar-refractivity contribution in [2.45, 2.75) is 13.3 Å². The molecule has 0 aliphatic rings. The van der Waals surface area contributed by atoms with Gasteiger partial charge in [0.15, 0.2) is 0 Å². The minimum absolute atomic E-state index is 0.186. The first-order chi connectivity index (χ1) is 10.9. The molecule has 0 aliphatic carbocycles. The molecule has 0 saturated carbocycles. The summed E-state index contributed by atoms with van der Waals surface area (Å²) in [4.78, 5) is 15.1. The van der Waals surface area contributed by atoms with E-state index in [1.165, 1.54) is 12.3 Å². The first-order valence-electron chi connectivity index (χ1n) is 6.61. The molecular weight excluding hydrogens is 328 g/mol. The predicted octanol–water partition coefficient (Wildman–Crippen LogP) is 3.53. The molecule has 0 radical (unpaired) electrons. The maximum Gasteiger partial charge on any atom is 0.272 e. The van der Waals surface area contributed by atoms with Gasteiger partial charge in [0.25, 0.3) is 6.43 Å². The molecular formula is C15H14ClF2N3O2. The van der Waals surface area contributed by atoms with E-state index in [4.69, 9.17) is 22.1 Å². The number of aryl methyl sites for hydroxylation is 1. The average molecular weight is 342 g/mol. The molecule has 5 nitrogen and oxygen atoms in total. The Morgan fingerprint density at radius 3 is 2.78 bits per heavy atom. The molecule has 8 heteroatoms. The number of nitrogens with two attached hydrogens (primary N) is 1. The van der Waals surface area contributed by atoms with Gasteiger partial charge in [0.05, 0.1) is 10.6 Å². The summed E-state index contributed by atoms with van der Waals surface area (Å²) >= 11 is 6.03. The summed E-state index contributed by atoms with van der Waals surface area (Å²) in [7, 11) is 0. The smallest absolute Gasteiger partial charge is 0.272 e. The van der Waals surface area contributed by atoms with Crippen molar-refractivity contribution in [3.8, 4) is 5.75 Å². The van der Waals surface area contributed by atoms with Gasteiger partial charge in [0.1, 0.15) is 18.2 Å². The Balaban J connectivity index is 2.20. The fourth-order valence-corrected chi connectivity index (χ4v) is 2.00. The van der Waals surface area contributed by atoms with Crippen molar-refractivity contribution >= 4 is 29.0 Å². The molecule has 0 bridgehead atoms. The molecule has 1 aromatic carbocycles. The molecule has 0 aliphatic heterocycles. The number of ether oxygens (including phenoxy) is 1. The van der Waals surface area contributed by atoms with Gasteiger partial charge in [-0.2, -0.15) is 0 Å². The van der Waals surface area contributed by atoms with Crippen LogP contribution >= 0.6 is 11.6 Å². The maximum atomic E-state index is 12.2. The van der Waals surface area contributed by atoms with Crippen molar-refractivity contribution < 1.29 is 18.3 Å². The number of amides is 1. The highest BCUT2D eigenvalue weighted by atomic mass is 35.5. The molecule has 2 aromatic rings. The van der Waals surface area contributed by atoms with E-state index in [-0.39, 0.29) is 10.6 Å². The Morgan fingerprint density at radius 2 is 2.17 bits per heavy atom. The number of pyridine rings is 1. The van der Waals surface area contributed by atoms with E-state index in [2.05, 4.69) is 10.3 Å². The van der Waals surface area contributed by atoms with Gasteiger partial charge in [-0.1, -0.05) is 17.7 Å². The standard InChI is InChI=1S/C15H14ClF2N3O2/c1-8-2-3-10(5-12(8)23-7-13(17)18)21-15-11(16)4-9(6-20-15)14(19)22/h2-6,13H,7H2,1H3,(H2,19,22)(H,20,21). The quantitative estimate of drug-likeness (QED) is 0.842. The Morgan fingerprint density at radius 1 is 1.43 bits per heavy atom. The van der Waals surface area contributed by atoms with Crippen LogP contribution in [-0.4, -0.2) is 23.9 Å². The lowest BCUT2D eigenvalue weighted by molar-refractivity contribution is 0.0816. The van der Waals surface area contributed by atoms with Crippen LogP contribution in [0.25, 0.3) is 0 Å². The average Bonchev–Trinajstić information content (AvgIpc) is 2.49. The number of primary amides is 1. The van der Waals surface area contributed by atoms with Crippen molar-refractivity contribution in [3.63, 3.8) is 0 Å². The molecule has 23 heavy (non-hydrogen) atoms. The topological polar surface area (TPSA) is 77.2 Å². The van der Waals surface area contributed by atoms with Gasteiger partial charge >= 0.3 is 0 Å². The van der Waals surface area contributed by atoms with E-state index in [9.17, 15) is 13.6 Å². The normalized spacial score (nSPS) is 10.7. The second-order valence-corrected chi connectivity index (χ2v) is 5.13. The molecule has 1 amide bonds. The highest BCUT2D eigenvalue weighted by Gasteiger charge is 2.10. The second kappa shape index (κ2) is 7.23. The van der Waals surface area contributed by atoms with Gasteiger partial charge in [-0.05, 0) is 24.6 Å². The molecule has 0 spiro atoms. The van der Waals surface area contributed by atoms with Crippen LogP contribution in [-0.2, 0) is 0 Å². The third-order valence-corrected chi connectivity index (χ3v) is 3.23. The van der Waals surface area contributed by atoms with Crippen LogP contribution in [0.4, 0.5) is 20.3 Å². The van der Waals surface area contributed by atoms with Crippen LogP contribution in [0.2, 0.25) is 5.02 Å². The number of carbonyl (C=O) groups is 1. The lowest BCUT2D eigenvalue weighted by Gasteiger charge is -2.12. The van der Waals surface area contributed by atoms with E-state index >= 15 is 0 Å². The first-order valence-corrected chi connectivity index (χ1v) is 6.98. The van der Waals surface area contributed by atoms with Crippen molar-refractivity contribution in [3.05, 3.63) is 46.6 Å². The van der Waals surface area contributed by atoms with Gasteiger partial charge < -0.3 is 15.8 Å². The van der Waals surface area contributed by atoms with Crippen LogP contribution < -0.4 is 15.8 Å². The van der Waals surface area contributed by atoms with Gasteiger partial charge in [-0.25, -0.2) is 13.8 Å². The Labute approximate surface area is 136 Å². The molecule has 3 N–H and O–H groups in total. The van der Waals surface area contributed by atoms with Gasteiger partial charge in [-0.15, -0.1) is 0 Å². The Kier molecular flexibility index (Phi) is 5.33. The number of carbonyl (C=O) groups excluding carboxylic acids is 1. The van der Waals surface area contributed by atoms with Gasteiger partial charge in [0, 0.05) is 18.0 Å². The first kappa shape index (κ1) is 17.0. The number of hydrogen-bond acceptors (Lipinski definition) is 4. The van der Waals surface area contributed by atoms with Crippen LogP contribution in [0, 0.1) is 6.92 Å². The number of nitrogens with one attached hydrogen (secondary N) is 1. The minimum atomic E-state index is -2.55. The molecule has 0 unspecified atom stereocenters. The molecule has 0 fully saturated rings. The molecule has 1 aromatic heterocycles. The number of halogens is 3. The summed E-state index contributed by atoms with van der Waals surface area (Å²) < 4.78 is 29.6. The second-order valence-electron chi connectivity index (χ2n) is 4.73. The fraction of sp³-hybridized carbons (Fsp3) is 0.200. The highest BCUT2D eigenvalue weighted by Crippen LogP contribution is 2.28. The highest BCUT2D eigenvalue weighted by molar-refractivity contribution is 6.33. The maximum absolute atomic E-state index is 12.2. The van der Waals surface area contributed by atoms with E-state index in [0.717, 1.165) is 5.56 Å². The van der Waals surface area contributed by atoms with Gasteiger partial charge in [0.2, 0.25) is 5.91 Å². The van der Waals surface area contributed by atoms with E-state index in [1.807, 2.05) is 0 Å². The third kappa shape index (κ3) is 4.53. The predicted molar refractivity (Wildman–Crippen MR) is 83.7 cm³/mol. The van der Waals surface area contributed by atoms with Crippen LogP contribution in [0.5, 0.6) is 5.75 Å². The summed E-state index contributed by atoms with van der Waals surface area (Å²) in [6, 6.07) is 6.40. The summed E-state index contributed by atoms with van der Waals surface area (Å²) in [6.45, 7) is 1.06. The number of alkyl halides is 2. The number of hydrogen-bond donors (Lipinski definition) is 2. The van der Waals surface area contributed by atoms with Gasteiger partial charge in [-0.3, -0.25) is 4.79 Å². The molecule has 1 heterocycles. The van der Waals surface area contributed by atoms with Crippen LogP contribution in [0.1, 0.15) is 15.9 Å². The zero-order valence-corrected chi connectivity index (χ0v) is 12.9. The Hall–Kier alpha value is -2.41. The molecule has 0 saturated heterocycles. The summed E-state index contributed by atoms with van der Waals surface area (Å²) in [5.74, 6) is 0.00415. The van der Waals surface area contributed by atoms with Crippen molar-refractivity contribution in [1.82, 2.24) is 4.98 Å². The molecule has 122 valence electrons. The largest absolute Gasteiger partial charge is 0.487 e. The number of nitrogens with zero attached hydrogens (tertiary/aromatic N) is 1. The number of rotatable bonds is 6. The van der Waals surface area contributed by atoms with Crippen molar-refractivity contribution in [2.75, 3.05) is 11.9 Å². The monoisotopic (exact) mass is 341 g/mol. The summed E-state index contributed by atoms with van der Waals surface area (Å²) in [5, 5.41) is 3.14. The SMILES string of the molecule is Cc1ccc(Nc2ncc(C(N)=O)cc2Cl)cc1OCC(F)F. The number of anilines is 2. The summed E-state index contributed by atoms with van der Waals surface area (Å²) in [6.07, 6.45) is -1.26. The molecule has 0 atom stereocenters. The van der Waals surface area contributed by atoms with Crippen molar-refractivity contribution in [1.29, 1.82) is 0 Å². The van der Waals surface area contributed by atoms with Crippen LogP contribution in [0.15, 0.2) is 30.5 Å². The fourth-order valence-electron chi connectivity index (χ4n) is 1.79. The lowest BCUT2D eigenvalue weighted by atomic mass is 10.2. The van der Waals surface area contributed by atoms with E-state index in [0.29, 0.717) is 17.3 Å². The van der Waals surface area contributed by atoms with Crippen LogP contribution in [0.3, 0.4) is 0 Å². The number of benzene rings is 1. The lowest BCUT2D eigenvalue weighted by Crippen LogP contribution is -2.11. The van der Waals surface area contributed by atoms with Crippen molar-refractivity contribution in [2.24, 2.45) is 5.73 Å². The van der Waals surface area contributed by atoms with E-state index < -0.39 is 18.9 Å².